The number of aromatic nitrogens is 3. The van der Waals surface area contributed by atoms with Crippen LogP contribution in [-0.2, 0) is 0 Å². The Balaban J connectivity index is 1.14. The van der Waals surface area contributed by atoms with Crippen molar-refractivity contribution in [1.82, 2.24) is 14.4 Å². The van der Waals surface area contributed by atoms with Crippen LogP contribution in [0.1, 0.15) is 0 Å². The average molecular weight is 576 g/mol. The molecule has 0 unspecified atom stereocenters. The normalized spacial score (nSPS) is 12.4. The summed E-state index contributed by atoms with van der Waals surface area (Å²) >= 11 is 0. The molecule has 6 aromatic heterocycles. The molecule has 0 aliphatic rings. The third kappa shape index (κ3) is 2.97. The van der Waals surface area contributed by atoms with Gasteiger partial charge in [0, 0.05) is 54.2 Å². The lowest BCUT2D eigenvalue weighted by atomic mass is 10.0. The number of furan rings is 2. The van der Waals surface area contributed by atoms with E-state index in [1.165, 1.54) is 16.3 Å². The molecule has 0 saturated carbocycles. The molecular weight excluding hydrogens is 554 g/mol. The lowest BCUT2D eigenvalue weighted by Crippen LogP contribution is -1.88. The lowest BCUT2D eigenvalue weighted by Gasteiger charge is -2.05. The first-order chi connectivity index (χ1) is 22.3. The van der Waals surface area contributed by atoms with Gasteiger partial charge in [-0.1, -0.05) is 78.9 Å². The quantitative estimate of drug-likeness (QED) is 0.206. The Morgan fingerprint density at radius 3 is 1.40 bits per heavy atom. The highest BCUT2D eigenvalue weighted by Gasteiger charge is 2.21. The first kappa shape index (κ1) is 23.3. The van der Waals surface area contributed by atoms with Crippen molar-refractivity contribution in [1.29, 1.82) is 0 Å². The van der Waals surface area contributed by atoms with Gasteiger partial charge in [0.25, 0.3) is 0 Å². The predicted molar refractivity (Wildman–Crippen MR) is 182 cm³/mol. The van der Waals surface area contributed by atoms with Crippen molar-refractivity contribution < 1.29 is 8.83 Å². The summed E-state index contributed by atoms with van der Waals surface area (Å²) in [7, 11) is 0. The molecule has 0 fully saturated rings. The molecule has 208 valence electrons. The van der Waals surface area contributed by atoms with Gasteiger partial charge in [0.1, 0.15) is 22.3 Å². The second-order valence-electron chi connectivity index (χ2n) is 11.8. The van der Waals surface area contributed by atoms with Crippen molar-refractivity contribution in [3.63, 3.8) is 0 Å². The maximum Gasteiger partial charge on any atom is 0.144 e. The van der Waals surface area contributed by atoms with E-state index in [9.17, 15) is 0 Å². The Hall–Kier alpha value is -6.20. The van der Waals surface area contributed by atoms with Gasteiger partial charge in [-0.05, 0) is 36.4 Å². The van der Waals surface area contributed by atoms with Crippen LogP contribution in [0.4, 0.5) is 0 Å². The van der Waals surface area contributed by atoms with Crippen LogP contribution in [0.3, 0.4) is 0 Å². The molecule has 6 heterocycles. The minimum absolute atomic E-state index is 0.864. The fourth-order valence-corrected chi connectivity index (χ4v) is 7.47. The van der Waals surface area contributed by atoms with Crippen LogP contribution in [0, 0.1) is 0 Å². The summed E-state index contributed by atoms with van der Waals surface area (Å²) < 4.78 is 15.0. The molecule has 0 amide bonds. The first-order valence-corrected chi connectivity index (χ1v) is 15.1. The van der Waals surface area contributed by atoms with E-state index in [-0.39, 0.29) is 0 Å². The molecule has 5 aromatic carbocycles. The fraction of sp³-hybridized carbons (Fsp3) is 0. The van der Waals surface area contributed by atoms with Crippen LogP contribution in [0.15, 0.2) is 136 Å². The van der Waals surface area contributed by atoms with Crippen LogP contribution in [-0.4, -0.2) is 14.4 Å². The molecule has 0 radical (unpaired) electrons. The van der Waals surface area contributed by atoms with Crippen molar-refractivity contribution in [2.75, 3.05) is 0 Å². The Bertz CT molecular complexity index is 2800. The van der Waals surface area contributed by atoms with Gasteiger partial charge in [-0.15, -0.1) is 0 Å². The van der Waals surface area contributed by atoms with Gasteiger partial charge in [0.2, 0.25) is 0 Å². The van der Waals surface area contributed by atoms with Gasteiger partial charge < -0.3 is 13.2 Å². The van der Waals surface area contributed by atoms with Crippen molar-refractivity contribution >= 4 is 82.0 Å². The SMILES string of the molecule is c1ccc2c(c1)oc1c(-c3cc4c5cccc6c7cc(-c8cccc9c8oc8ccccc89)ncc7n(c4cn3)c56)cccc12. The molecule has 0 atom stereocenters. The van der Waals surface area contributed by atoms with Gasteiger partial charge in [-0.25, -0.2) is 0 Å². The molecule has 11 rings (SSSR count). The summed E-state index contributed by atoms with van der Waals surface area (Å²) in [5.74, 6) is 0. The Morgan fingerprint density at radius 1 is 0.422 bits per heavy atom. The topological polar surface area (TPSA) is 56.5 Å². The molecule has 11 aromatic rings. The molecule has 0 bridgehead atoms. The minimum Gasteiger partial charge on any atom is -0.455 e. The van der Waals surface area contributed by atoms with Gasteiger partial charge in [-0.3, -0.25) is 9.97 Å². The second-order valence-corrected chi connectivity index (χ2v) is 11.8. The number of rotatable bonds is 2. The molecule has 0 spiro atoms. The largest absolute Gasteiger partial charge is 0.455 e. The maximum absolute atomic E-state index is 6.35. The minimum atomic E-state index is 0.864. The molecule has 0 aliphatic carbocycles. The van der Waals surface area contributed by atoms with E-state index in [0.717, 1.165) is 88.2 Å². The standard InChI is InChI=1S/C40H21N3O2/c1-3-16-36-22(8-1)26-12-6-14-28(39(26)44-36)32-18-30-24-10-5-11-25-31-19-33(42-21-35(31)43(38(24)25)34(30)20-41-32)29-15-7-13-27-23-9-2-4-17-37(23)45-40(27)29/h1-21H. The van der Waals surface area contributed by atoms with Crippen molar-refractivity contribution in [2.45, 2.75) is 0 Å². The second kappa shape index (κ2) is 8.24. The molecular formula is C40H21N3O2. The Kier molecular flexibility index (Phi) is 4.26. The van der Waals surface area contributed by atoms with Gasteiger partial charge >= 0.3 is 0 Å². The zero-order valence-corrected chi connectivity index (χ0v) is 23.8. The van der Waals surface area contributed by atoms with Crippen LogP contribution in [0.25, 0.3) is 104 Å². The van der Waals surface area contributed by atoms with Crippen molar-refractivity contribution in [3.05, 3.63) is 128 Å². The number of para-hydroxylation sites is 5. The lowest BCUT2D eigenvalue weighted by molar-refractivity contribution is 0.669. The molecule has 0 saturated heterocycles. The van der Waals surface area contributed by atoms with E-state index < -0.39 is 0 Å². The van der Waals surface area contributed by atoms with Crippen molar-refractivity contribution in [3.8, 4) is 22.5 Å². The molecule has 5 nitrogen and oxygen atoms in total. The van der Waals surface area contributed by atoms with Crippen LogP contribution >= 0.6 is 0 Å². The first-order valence-electron chi connectivity index (χ1n) is 15.1. The zero-order valence-electron chi connectivity index (χ0n) is 23.8. The molecule has 0 aliphatic heterocycles. The molecule has 45 heavy (non-hydrogen) atoms. The summed E-state index contributed by atoms with van der Waals surface area (Å²) in [6, 6.07) is 39.9. The van der Waals surface area contributed by atoms with Gasteiger partial charge in [-0.2, -0.15) is 0 Å². The van der Waals surface area contributed by atoms with Crippen LogP contribution in [0.2, 0.25) is 0 Å². The number of pyridine rings is 2. The van der Waals surface area contributed by atoms with E-state index in [0.29, 0.717) is 0 Å². The highest BCUT2D eigenvalue weighted by atomic mass is 16.3. The molecule has 0 N–H and O–H groups in total. The highest BCUT2D eigenvalue weighted by Crippen LogP contribution is 2.42. The summed E-state index contributed by atoms with van der Waals surface area (Å²) in [4.78, 5) is 10.0. The predicted octanol–water partition coefficient (Wildman–Crippen LogP) is 10.8. The highest BCUT2D eigenvalue weighted by molar-refractivity contribution is 6.24. The van der Waals surface area contributed by atoms with E-state index in [1.807, 2.05) is 48.8 Å². The van der Waals surface area contributed by atoms with Crippen LogP contribution < -0.4 is 0 Å². The maximum atomic E-state index is 6.35. The Morgan fingerprint density at radius 2 is 0.867 bits per heavy atom. The summed E-state index contributed by atoms with van der Waals surface area (Å²) in [6.45, 7) is 0. The Labute approximate surface area is 254 Å². The van der Waals surface area contributed by atoms with Gasteiger partial charge in [0.15, 0.2) is 0 Å². The van der Waals surface area contributed by atoms with Crippen LogP contribution in [0.5, 0.6) is 0 Å². The summed E-state index contributed by atoms with van der Waals surface area (Å²) in [5, 5.41) is 9.14. The van der Waals surface area contributed by atoms with Gasteiger partial charge in [0.05, 0.1) is 40.3 Å². The average Bonchev–Trinajstić information content (AvgIpc) is 3.84. The monoisotopic (exact) mass is 575 g/mol. The van der Waals surface area contributed by atoms with E-state index in [4.69, 9.17) is 18.8 Å². The number of hydrogen-bond donors (Lipinski definition) is 0. The van der Waals surface area contributed by atoms with Crippen molar-refractivity contribution in [2.24, 2.45) is 0 Å². The third-order valence-electron chi connectivity index (χ3n) is 9.45. The van der Waals surface area contributed by atoms with E-state index in [1.54, 1.807) is 0 Å². The number of fused-ring (bicyclic) bond motifs is 12. The van der Waals surface area contributed by atoms with E-state index >= 15 is 0 Å². The number of hydrogen-bond acceptors (Lipinski definition) is 4. The zero-order chi connectivity index (χ0) is 29.2. The smallest absolute Gasteiger partial charge is 0.144 e. The summed E-state index contributed by atoms with van der Waals surface area (Å²) in [5.41, 5.74) is 10.6. The molecule has 5 heteroatoms. The third-order valence-corrected chi connectivity index (χ3v) is 9.45. The van der Waals surface area contributed by atoms with E-state index in [2.05, 4.69) is 83.3 Å². The summed E-state index contributed by atoms with van der Waals surface area (Å²) in [6.07, 6.45) is 3.99. The number of nitrogens with zero attached hydrogens (tertiary/aromatic N) is 3. The fourth-order valence-electron chi connectivity index (χ4n) is 7.47. The number of benzene rings is 5.